The van der Waals surface area contributed by atoms with Crippen molar-refractivity contribution in [3.8, 4) is 0 Å². The summed E-state index contributed by atoms with van der Waals surface area (Å²) in [5.74, 6) is 2.47. The molecule has 1 aliphatic heterocycles. The van der Waals surface area contributed by atoms with Crippen LogP contribution < -0.4 is 10.6 Å². The maximum absolute atomic E-state index is 5.65. The van der Waals surface area contributed by atoms with Gasteiger partial charge in [-0.2, -0.15) is 0 Å². The van der Waals surface area contributed by atoms with E-state index in [1.165, 1.54) is 0 Å². The Morgan fingerprint density at radius 1 is 1.32 bits per heavy atom. The van der Waals surface area contributed by atoms with Gasteiger partial charge in [-0.15, -0.1) is 0 Å². The van der Waals surface area contributed by atoms with Crippen LogP contribution in [0.15, 0.2) is 27.8 Å². The van der Waals surface area contributed by atoms with Crippen LogP contribution in [0.5, 0.6) is 0 Å². The van der Waals surface area contributed by atoms with E-state index in [9.17, 15) is 0 Å². The summed E-state index contributed by atoms with van der Waals surface area (Å²) < 4.78 is 16.7. The highest BCUT2D eigenvalue weighted by Crippen LogP contribution is 2.11. The molecule has 1 atom stereocenters. The van der Waals surface area contributed by atoms with Gasteiger partial charge in [-0.1, -0.05) is 13.8 Å². The van der Waals surface area contributed by atoms with Crippen LogP contribution >= 0.6 is 0 Å². The lowest BCUT2D eigenvalue weighted by molar-refractivity contribution is 0.117. The van der Waals surface area contributed by atoms with E-state index in [-0.39, 0.29) is 6.10 Å². The molecule has 0 radical (unpaired) electrons. The van der Waals surface area contributed by atoms with E-state index in [4.69, 9.17) is 13.9 Å². The second kappa shape index (κ2) is 11.9. The number of ether oxygens (including phenoxy) is 2. The van der Waals surface area contributed by atoms with Crippen LogP contribution in [-0.4, -0.2) is 51.5 Å². The van der Waals surface area contributed by atoms with Crippen LogP contribution in [0.3, 0.4) is 0 Å². The molecule has 2 N–H and O–H groups in total. The van der Waals surface area contributed by atoms with E-state index in [1.54, 1.807) is 6.26 Å². The fourth-order valence-electron chi connectivity index (χ4n) is 2.58. The van der Waals surface area contributed by atoms with Crippen LogP contribution in [0, 0.1) is 5.92 Å². The second-order valence-corrected chi connectivity index (χ2v) is 6.80. The summed E-state index contributed by atoms with van der Waals surface area (Å²) in [6.45, 7) is 9.00. The number of nitrogens with one attached hydrogen (secondary N) is 2. The summed E-state index contributed by atoms with van der Waals surface area (Å²) in [5, 5.41) is 6.70. The number of furan rings is 1. The number of rotatable bonds is 11. The van der Waals surface area contributed by atoms with Gasteiger partial charge in [0.15, 0.2) is 5.96 Å². The summed E-state index contributed by atoms with van der Waals surface area (Å²) in [4.78, 5) is 4.65. The van der Waals surface area contributed by atoms with Crippen molar-refractivity contribution in [1.29, 1.82) is 0 Å². The van der Waals surface area contributed by atoms with Gasteiger partial charge in [0.1, 0.15) is 5.76 Å². The van der Waals surface area contributed by atoms with Crippen LogP contribution in [0.1, 0.15) is 38.9 Å². The molecule has 1 aromatic heterocycles. The van der Waals surface area contributed by atoms with Crippen molar-refractivity contribution in [1.82, 2.24) is 10.6 Å². The third-order valence-electron chi connectivity index (χ3n) is 4.10. The molecule has 1 saturated heterocycles. The Labute approximate surface area is 151 Å². The Balaban J connectivity index is 1.67. The molecule has 2 heterocycles. The van der Waals surface area contributed by atoms with Gasteiger partial charge in [0.25, 0.3) is 0 Å². The number of aliphatic imine (C=N–C) groups is 1. The molecular formula is C19H33N3O3. The zero-order valence-corrected chi connectivity index (χ0v) is 15.6. The molecule has 1 aliphatic rings. The van der Waals surface area contributed by atoms with Crippen LogP contribution in [0.25, 0.3) is 0 Å². The maximum atomic E-state index is 5.65. The Kier molecular flexibility index (Phi) is 9.44. The van der Waals surface area contributed by atoms with E-state index in [0.29, 0.717) is 19.1 Å². The summed E-state index contributed by atoms with van der Waals surface area (Å²) in [6, 6.07) is 3.90. The lowest BCUT2D eigenvalue weighted by Crippen LogP contribution is -2.40. The second-order valence-electron chi connectivity index (χ2n) is 6.80. The fourth-order valence-corrected chi connectivity index (χ4v) is 2.58. The first-order valence-electron chi connectivity index (χ1n) is 9.48. The van der Waals surface area contributed by atoms with E-state index < -0.39 is 0 Å². The fraction of sp³-hybridized carbons (Fsp3) is 0.737. The first kappa shape index (κ1) is 19.8. The molecule has 0 aliphatic carbocycles. The zero-order valence-electron chi connectivity index (χ0n) is 15.6. The minimum absolute atomic E-state index is 0.256. The first-order valence-corrected chi connectivity index (χ1v) is 9.48. The van der Waals surface area contributed by atoms with E-state index >= 15 is 0 Å². The van der Waals surface area contributed by atoms with Crippen molar-refractivity contribution in [2.24, 2.45) is 10.9 Å². The highest BCUT2D eigenvalue weighted by atomic mass is 16.5. The normalized spacial score (nSPS) is 18.0. The number of guanidine groups is 1. The third kappa shape index (κ3) is 8.93. The monoisotopic (exact) mass is 351 g/mol. The summed E-state index contributed by atoms with van der Waals surface area (Å²) in [7, 11) is 0. The largest absolute Gasteiger partial charge is 0.469 e. The Hall–Kier alpha value is -1.53. The Morgan fingerprint density at radius 2 is 2.20 bits per heavy atom. The third-order valence-corrected chi connectivity index (χ3v) is 4.10. The van der Waals surface area contributed by atoms with Crippen molar-refractivity contribution in [3.05, 3.63) is 24.2 Å². The standard InChI is InChI=1S/C19H33N3O3/c1-16(2)8-13-23-14-10-21-19(22-15-18-6-4-12-25-18)20-9-7-17-5-3-11-24-17/h3,5,11,16,18H,4,6-10,12-15H2,1-2H3,(H2,20,21,22). The topological polar surface area (TPSA) is 68.0 Å². The summed E-state index contributed by atoms with van der Waals surface area (Å²) in [6.07, 6.45) is 6.13. The van der Waals surface area contributed by atoms with Crippen molar-refractivity contribution in [2.75, 3.05) is 39.5 Å². The number of hydrogen-bond donors (Lipinski definition) is 2. The molecule has 25 heavy (non-hydrogen) atoms. The summed E-state index contributed by atoms with van der Waals surface area (Å²) >= 11 is 0. The highest BCUT2D eigenvalue weighted by molar-refractivity contribution is 5.79. The molecule has 6 heteroatoms. The average Bonchev–Trinajstić information content (AvgIpc) is 3.28. The lowest BCUT2D eigenvalue weighted by Gasteiger charge is -2.14. The van der Waals surface area contributed by atoms with Gasteiger partial charge in [0.2, 0.25) is 0 Å². The van der Waals surface area contributed by atoms with Crippen molar-refractivity contribution >= 4 is 5.96 Å². The van der Waals surface area contributed by atoms with Gasteiger partial charge >= 0.3 is 0 Å². The lowest BCUT2D eigenvalue weighted by atomic mass is 10.1. The van der Waals surface area contributed by atoms with E-state index in [1.807, 2.05) is 12.1 Å². The molecular weight excluding hydrogens is 318 g/mol. The number of hydrogen-bond acceptors (Lipinski definition) is 4. The van der Waals surface area contributed by atoms with Gasteiger partial charge in [0.05, 0.1) is 25.5 Å². The van der Waals surface area contributed by atoms with Crippen molar-refractivity contribution in [3.63, 3.8) is 0 Å². The van der Waals surface area contributed by atoms with E-state index in [0.717, 1.165) is 63.7 Å². The molecule has 2 rings (SSSR count). The molecule has 1 fully saturated rings. The Bertz CT molecular complexity index is 468. The summed E-state index contributed by atoms with van der Waals surface area (Å²) in [5.41, 5.74) is 0. The molecule has 0 saturated carbocycles. The molecule has 0 spiro atoms. The van der Waals surface area contributed by atoms with Gasteiger partial charge in [-0.25, -0.2) is 0 Å². The van der Waals surface area contributed by atoms with Crippen molar-refractivity contribution in [2.45, 2.75) is 45.6 Å². The molecule has 0 amide bonds. The highest BCUT2D eigenvalue weighted by Gasteiger charge is 2.14. The predicted molar refractivity (Wildman–Crippen MR) is 100.0 cm³/mol. The zero-order chi connectivity index (χ0) is 17.7. The van der Waals surface area contributed by atoms with Gasteiger partial charge < -0.3 is 24.5 Å². The molecule has 142 valence electrons. The van der Waals surface area contributed by atoms with Crippen LogP contribution in [-0.2, 0) is 15.9 Å². The van der Waals surface area contributed by atoms with E-state index in [2.05, 4.69) is 29.5 Å². The maximum Gasteiger partial charge on any atom is 0.191 e. The minimum Gasteiger partial charge on any atom is -0.469 e. The molecule has 1 aromatic rings. The number of nitrogens with zero attached hydrogens (tertiary/aromatic N) is 1. The molecule has 0 aromatic carbocycles. The quantitative estimate of drug-likeness (QED) is 0.364. The Morgan fingerprint density at radius 3 is 2.92 bits per heavy atom. The van der Waals surface area contributed by atoms with Crippen molar-refractivity contribution < 1.29 is 13.9 Å². The molecule has 6 nitrogen and oxygen atoms in total. The van der Waals surface area contributed by atoms with Crippen LogP contribution in [0.4, 0.5) is 0 Å². The van der Waals surface area contributed by atoms with Gasteiger partial charge in [0, 0.05) is 32.7 Å². The smallest absolute Gasteiger partial charge is 0.191 e. The minimum atomic E-state index is 0.256. The van der Waals surface area contributed by atoms with Crippen LogP contribution in [0.2, 0.25) is 0 Å². The molecule has 1 unspecified atom stereocenters. The first-order chi connectivity index (χ1) is 12.2. The van der Waals surface area contributed by atoms with Gasteiger partial charge in [-0.3, -0.25) is 4.99 Å². The molecule has 0 bridgehead atoms. The van der Waals surface area contributed by atoms with Gasteiger partial charge in [-0.05, 0) is 37.3 Å². The predicted octanol–water partition coefficient (Wildman–Crippen LogP) is 2.60. The average molecular weight is 351 g/mol. The SMILES string of the molecule is CC(C)CCOCCNC(=NCC1CCCO1)NCCc1ccco1.